The van der Waals surface area contributed by atoms with Gasteiger partial charge in [-0.15, -0.1) is 0 Å². The van der Waals surface area contributed by atoms with Gasteiger partial charge in [0.15, 0.2) is 0 Å². The molecular formula is C14H22O4. The van der Waals surface area contributed by atoms with Gasteiger partial charge in [0.1, 0.15) is 0 Å². The summed E-state index contributed by atoms with van der Waals surface area (Å²) >= 11 is 0. The van der Waals surface area contributed by atoms with Crippen molar-refractivity contribution in [2.75, 3.05) is 13.2 Å². The maximum atomic E-state index is 12.1. The summed E-state index contributed by atoms with van der Waals surface area (Å²) in [5, 5.41) is 0. The summed E-state index contributed by atoms with van der Waals surface area (Å²) in [6, 6.07) is 0. The lowest BCUT2D eigenvalue weighted by molar-refractivity contribution is -0.163. The molecule has 102 valence electrons. The van der Waals surface area contributed by atoms with E-state index in [1.807, 2.05) is 13.8 Å². The summed E-state index contributed by atoms with van der Waals surface area (Å²) in [5.41, 5.74) is -0.831. The highest BCUT2D eigenvalue weighted by molar-refractivity contribution is 5.83. The fourth-order valence-electron chi connectivity index (χ4n) is 3.62. The molecule has 0 aromatic carbocycles. The molecule has 0 amide bonds. The van der Waals surface area contributed by atoms with Gasteiger partial charge < -0.3 is 9.47 Å². The van der Waals surface area contributed by atoms with Crippen LogP contribution < -0.4 is 0 Å². The van der Waals surface area contributed by atoms with E-state index in [9.17, 15) is 9.59 Å². The van der Waals surface area contributed by atoms with Crippen molar-refractivity contribution in [3.05, 3.63) is 0 Å². The number of rotatable bonds is 4. The predicted octanol–water partition coefficient (Wildman–Crippen LogP) is 2.45. The highest BCUT2D eigenvalue weighted by atomic mass is 16.5. The second-order valence-corrected chi connectivity index (χ2v) is 5.53. The molecule has 2 atom stereocenters. The van der Waals surface area contributed by atoms with Gasteiger partial charge in [-0.2, -0.15) is 0 Å². The second kappa shape index (κ2) is 4.90. The summed E-state index contributed by atoms with van der Waals surface area (Å²) in [6.07, 6.45) is 4.78. The fraction of sp³-hybridized carbons (Fsp3) is 0.857. The van der Waals surface area contributed by atoms with Crippen LogP contribution in [-0.4, -0.2) is 25.2 Å². The summed E-state index contributed by atoms with van der Waals surface area (Å²) in [7, 11) is 0. The summed E-state index contributed by atoms with van der Waals surface area (Å²) < 4.78 is 10.4. The van der Waals surface area contributed by atoms with Gasteiger partial charge >= 0.3 is 11.9 Å². The van der Waals surface area contributed by atoms with Gasteiger partial charge in [-0.1, -0.05) is 6.42 Å². The topological polar surface area (TPSA) is 52.6 Å². The summed E-state index contributed by atoms with van der Waals surface area (Å²) in [4.78, 5) is 24.3. The molecule has 2 rings (SSSR count). The van der Waals surface area contributed by atoms with E-state index in [0.717, 1.165) is 32.1 Å². The molecule has 0 aromatic heterocycles. The highest BCUT2D eigenvalue weighted by Crippen LogP contribution is 2.59. The van der Waals surface area contributed by atoms with E-state index in [0.29, 0.717) is 19.6 Å². The van der Waals surface area contributed by atoms with E-state index >= 15 is 0 Å². The molecule has 18 heavy (non-hydrogen) atoms. The van der Waals surface area contributed by atoms with Gasteiger partial charge in [0, 0.05) is 0 Å². The van der Waals surface area contributed by atoms with Crippen molar-refractivity contribution in [1.82, 2.24) is 0 Å². The van der Waals surface area contributed by atoms with E-state index in [2.05, 4.69) is 0 Å². The Morgan fingerprint density at radius 1 is 0.889 bits per heavy atom. The fourth-order valence-corrected chi connectivity index (χ4v) is 3.62. The van der Waals surface area contributed by atoms with Crippen molar-refractivity contribution < 1.29 is 19.1 Å². The molecule has 0 radical (unpaired) electrons. The maximum Gasteiger partial charge on any atom is 0.312 e. The lowest BCUT2D eigenvalue weighted by Gasteiger charge is -2.36. The highest BCUT2D eigenvalue weighted by Gasteiger charge is 2.59. The van der Waals surface area contributed by atoms with Gasteiger partial charge in [0.2, 0.25) is 0 Å². The van der Waals surface area contributed by atoms with E-state index in [1.54, 1.807) is 0 Å². The Morgan fingerprint density at radius 2 is 1.33 bits per heavy atom. The van der Waals surface area contributed by atoms with Crippen molar-refractivity contribution in [1.29, 1.82) is 0 Å². The molecule has 0 spiro atoms. The van der Waals surface area contributed by atoms with Crippen LogP contribution in [0.15, 0.2) is 0 Å². The minimum atomic E-state index is -0.416. The second-order valence-electron chi connectivity index (χ2n) is 5.53. The van der Waals surface area contributed by atoms with Crippen molar-refractivity contribution in [3.63, 3.8) is 0 Å². The molecule has 0 aromatic rings. The Morgan fingerprint density at radius 3 is 1.72 bits per heavy atom. The number of hydrogen-bond donors (Lipinski definition) is 0. The zero-order valence-corrected chi connectivity index (χ0v) is 11.3. The Labute approximate surface area is 108 Å². The molecule has 2 fully saturated rings. The first kappa shape index (κ1) is 13.4. The van der Waals surface area contributed by atoms with Crippen LogP contribution in [0.25, 0.3) is 0 Å². The van der Waals surface area contributed by atoms with Crippen molar-refractivity contribution in [2.24, 2.45) is 10.8 Å². The van der Waals surface area contributed by atoms with Crippen LogP contribution in [0.3, 0.4) is 0 Å². The Kier molecular flexibility index (Phi) is 3.64. The third kappa shape index (κ3) is 2.02. The van der Waals surface area contributed by atoms with E-state index in [4.69, 9.17) is 9.47 Å². The van der Waals surface area contributed by atoms with Crippen LogP contribution in [0.1, 0.15) is 52.4 Å². The predicted molar refractivity (Wildman–Crippen MR) is 65.8 cm³/mol. The van der Waals surface area contributed by atoms with E-state index < -0.39 is 10.8 Å². The van der Waals surface area contributed by atoms with Crippen molar-refractivity contribution >= 4 is 11.9 Å². The Balaban J connectivity index is 2.15. The van der Waals surface area contributed by atoms with Crippen LogP contribution in [0.5, 0.6) is 0 Å². The largest absolute Gasteiger partial charge is 0.466 e. The molecular weight excluding hydrogens is 232 g/mol. The molecule has 0 aliphatic heterocycles. The summed E-state index contributed by atoms with van der Waals surface area (Å²) in [6.45, 7) is 4.47. The molecule has 4 heteroatoms. The lowest BCUT2D eigenvalue weighted by Crippen LogP contribution is -2.39. The third-order valence-electron chi connectivity index (χ3n) is 4.49. The number of hydrogen-bond acceptors (Lipinski definition) is 4. The first-order valence-electron chi connectivity index (χ1n) is 6.93. The van der Waals surface area contributed by atoms with Crippen LogP contribution in [0.4, 0.5) is 0 Å². The SMILES string of the molecule is CCOC(=O)[C@@]12CCC[C@@](C(=O)OCC)(CC1)C2. The van der Waals surface area contributed by atoms with E-state index in [1.165, 1.54) is 0 Å². The van der Waals surface area contributed by atoms with E-state index in [-0.39, 0.29) is 11.9 Å². The molecule has 2 bridgehead atoms. The molecule has 0 unspecified atom stereocenters. The number of fused-ring (bicyclic) bond motifs is 2. The van der Waals surface area contributed by atoms with Gasteiger partial charge in [-0.05, 0) is 46.0 Å². The van der Waals surface area contributed by atoms with Gasteiger partial charge in [0.25, 0.3) is 0 Å². The first-order chi connectivity index (χ1) is 8.58. The van der Waals surface area contributed by atoms with Crippen LogP contribution >= 0.6 is 0 Å². The van der Waals surface area contributed by atoms with Crippen LogP contribution in [-0.2, 0) is 19.1 Å². The van der Waals surface area contributed by atoms with Crippen molar-refractivity contribution in [2.45, 2.75) is 52.4 Å². The van der Waals surface area contributed by atoms with Crippen molar-refractivity contribution in [3.8, 4) is 0 Å². The minimum absolute atomic E-state index is 0.115. The monoisotopic (exact) mass is 254 g/mol. The maximum absolute atomic E-state index is 12.1. The van der Waals surface area contributed by atoms with Crippen LogP contribution in [0, 0.1) is 10.8 Å². The third-order valence-corrected chi connectivity index (χ3v) is 4.49. The number of esters is 2. The molecule has 4 nitrogen and oxygen atoms in total. The number of ether oxygens (including phenoxy) is 2. The smallest absolute Gasteiger partial charge is 0.312 e. The average molecular weight is 254 g/mol. The normalized spacial score (nSPS) is 34.1. The minimum Gasteiger partial charge on any atom is -0.466 e. The Bertz CT molecular complexity index is 320. The van der Waals surface area contributed by atoms with Gasteiger partial charge in [0.05, 0.1) is 24.0 Å². The standard InChI is InChI=1S/C14H22O4/c1-3-17-11(15)13-6-5-7-14(10-13,9-8-13)12(16)18-4-2/h3-10H2,1-2H3/t13-,14+. The molecule has 0 saturated heterocycles. The summed E-state index contributed by atoms with van der Waals surface area (Å²) in [5.74, 6) is -0.230. The van der Waals surface area contributed by atoms with Gasteiger partial charge in [-0.25, -0.2) is 0 Å². The molecule has 2 saturated carbocycles. The van der Waals surface area contributed by atoms with Gasteiger partial charge in [-0.3, -0.25) is 9.59 Å². The Hall–Kier alpha value is -1.06. The molecule has 0 heterocycles. The lowest BCUT2D eigenvalue weighted by atomic mass is 9.69. The zero-order valence-electron chi connectivity index (χ0n) is 11.3. The molecule has 2 aliphatic rings. The quantitative estimate of drug-likeness (QED) is 0.723. The van der Waals surface area contributed by atoms with Crippen LogP contribution in [0.2, 0.25) is 0 Å². The first-order valence-corrected chi connectivity index (χ1v) is 6.93. The number of carbonyl (C=O) groups is 2. The molecule has 2 aliphatic carbocycles. The zero-order chi connectivity index (χ0) is 13.2. The average Bonchev–Trinajstić information content (AvgIpc) is 2.64. The number of carbonyl (C=O) groups excluding carboxylic acids is 2. The molecule has 0 N–H and O–H groups in total.